The molecule has 0 amide bonds. The van der Waals surface area contributed by atoms with Crippen LogP contribution in [0, 0.1) is 17.6 Å². The van der Waals surface area contributed by atoms with Gasteiger partial charge in [-0.25, -0.2) is 9.37 Å². The number of hydrogen-bond donors (Lipinski definition) is 0. The minimum atomic E-state index is -1.53. The van der Waals surface area contributed by atoms with Gasteiger partial charge in [0.25, 0.3) is 5.95 Å². The van der Waals surface area contributed by atoms with Crippen molar-refractivity contribution >= 4 is 12.4 Å². The molecule has 0 aliphatic carbocycles. The summed E-state index contributed by atoms with van der Waals surface area (Å²) in [6.45, 7) is 0. The molecule has 0 aliphatic rings. The summed E-state index contributed by atoms with van der Waals surface area (Å²) in [6, 6.07) is 0.748. The predicted molar refractivity (Wildman–Crippen MR) is 31.4 cm³/mol. The van der Waals surface area contributed by atoms with Crippen molar-refractivity contribution in [1.82, 2.24) is 4.98 Å². The van der Waals surface area contributed by atoms with E-state index >= 15 is 0 Å². The molecular formula is C5H3ClF3N. The largest absolute Gasteiger partial charge is 0.251 e. The van der Waals surface area contributed by atoms with Crippen LogP contribution in [0.5, 0.6) is 0 Å². The highest BCUT2D eigenvalue weighted by Crippen LogP contribution is 2.04. The Morgan fingerprint density at radius 3 is 2.20 bits per heavy atom. The molecule has 1 nitrogen and oxygen atoms in total. The zero-order valence-corrected chi connectivity index (χ0v) is 5.46. The fourth-order valence-corrected chi connectivity index (χ4v) is 0.397. The molecule has 0 atom stereocenters. The standard InChI is InChI=1S/C5H2F3N.ClH/c6-3-1-2-9-5(8)4(3)7;/h1-2H;1H. The quantitative estimate of drug-likeness (QED) is 0.541. The Morgan fingerprint density at radius 1 is 1.20 bits per heavy atom. The molecule has 0 aliphatic heterocycles. The van der Waals surface area contributed by atoms with E-state index in [0.717, 1.165) is 12.3 Å². The van der Waals surface area contributed by atoms with Crippen molar-refractivity contribution in [2.75, 3.05) is 0 Å². The number of nitrogens with zero attached hydrogens (tertiary/aromatic N) is 1. The molecule has 0 saturated heterocycles. The van der Waals surface area contributed by atoms with E-state index in [2.05, 4.69) is 4.98 Å². The Morgan fingerprint density at radius 2 is 1.80 bits per heavy atom. The van der Waals surface area contributed by atoms with Crippen molar-refractivity contribution in [2.45, 2.75) is 0 Å². The highest BCUT2D eigenvalue weighted by molar-refractivity contribution is 5.85. The van der Waals surface area contributed by atoms with Crippen LogP contribution in [0.1, 0.15) is 0 Å². The third kappa shape index (κ3) is 1.60. The Balaban J connectivity index is 0.000000810. The number of rotatable bonds is 0. The van der Waals surface area contributed by atoms with Gasteiger partial charge in [-0.15, -0.1) is 12.4 Å². The summed E-state index contributed by atoms with van der Waals surface area (Å²) in [5.74, 6) is -4.16. The minimum Gasteiger partial charge on any atom is -0.226 e. The zero-order chi connectivity index (χ0) is 6.85. The van der Waals surface area contributed by atoms with Crippen LogP contribution in [-0.4, -0.2) is 4.98 Å². The second-order valence-corrected chi connectivity index (χ2v) is 1.40. The van der Waals surface area contributed by atoms with E-state index in [0.29, 0.717) is 0 Å². The first-order chi connectivity index (χ1) is 4.22. The van der Waals surface area contributed by atoms with E-state index in [9.17, 15) is 13.2 Å². The highest BCUT2D eigenvalue weighted by Gasteiger charge is 2.06. The first-order valence-electron chi connectivity index (χ1n) is 2.17. The van der Waals surface area contributed by atoms with Crippen LogP contribution < -0.4 is 0 Å². The Hall–Kier alpha value is -0.770. The van der Waals surface area contributed by atoms with Crippen LogP contribution in [0.15, 0.2) is 12.3 Å². The van der Waals surface area contributed by atoms with Crippen molar-refractivity contribution < 1.29 is 13.2 Å². The summed E-state index contributed by atoms with van der Waals surface area (Å²) < 4.78 is 35.7. The van der Waals surface area contributed by atoms with Gasteiger partial charge in [0, 0.05) is 6.20 Å². The van der Waals surface area contributed by atoms with Gasteiger partial charge < -0.3 is 0 Å². The monoisotopic (exact) mass is 169 g/mol. The normalized spacial score (nSPS) is 8.70. The summed E-state index contributed by atoms with van der Waals surface area (Å²) in [4.78, 5) is 2.86. The van der Waals surface area contributed by atoms with E-state index in [4.69, 9.17) is 0 Å². The molecule has 56 valence electrons. The summed E-state index contributed by atoms with van der Waals surface area (Å²) in [5, 5.41) is 0. The molecule has 0 aromatic carbocycles. The summed E-state index contributed by atoms with van der Waals surface area (Å²) in [7, 11) is 0. The third-order valence-corrected chi connectivity index (χ3v) is 0.800. The summed E-state index contributed by atoms with van der Waals surface area (Å²) >= 11 is 0. The topological polar surface area (TPSA) is 12.9 Å². The molecule has 0 spiro atoms. The fourth-order valence-electron chi connectivity index (χ4n) is 0.397. The van der Waals surface area contributed by atoms with Crippen molar-refractivity contribution in [3.05, 3.63) is 29.8 Å². The van der Waals surface area contributed by atoms with Crippen LogP contribution >= 0.6 is 12.4 Å². The molecule has 0 N–H and O–H groups in total. The van der Waals surface area contributed by atoms with Crippen molar-refractivity contribution in [3.63, 3.8) is 0 Å². The molecular weight excluding hydrogens is 167 g/mol. The maximum Gasteiger partial charge on any atom is 0.251 e. The lowest BCUT2D eigenvalue weighted by Crippen LogP contribution is -1.91. The summed E-state index contributed by atoms with van der Waals surface area (Å²) in [6.07, 6.45) is 0.855. The third-order valence-electron chi connectivity index (χ3n) is 0.800. The van der Waals surface area contributed by atoms with Gasteiger partial charge in [0.15, 0.2) is 5.82 Å². The number of pyridine rings is 1. The van der Waals surface area contributed by atoms with Crippen LogP contribution in [0.3, 0.4) is 0 Å². The molecule has 0 radical (unpaired) electrons. The molecule has 10 heavy (non-hydrogen) atoms. The van der Waals surface area contributed by atoms with Crippen molar-refractivity contribution in [3.8, 4) is 0 Å². The number of halogens is 4. The molecule has 0 bridgehead atoms. The maximum absolute atomic E-state index is 11.9. The van der Waals surface area contributed by atoms with Crippen LogP contribution in [0.4, 0.5) is 13.2 Å². The van der Waals surface area contributed by atoms with E-state index in [1.54, 1.807) is 0 Å². The smallest absolute Gasteiger partial charge is 0.226 e. The summed E-state index contributed by atoms with van der Waals surface area (Å²) in [5.41, 5.74) is 0. The van der Waals surface area contributed by atoms with Crippen molar-refractivity contribution in [1.29, 1.82) is 0 Å². The van der Waals surface area contributed by atoms with Gasteiger partial charge in [-0.2, -0.15) is 8.78 Å². The predicted octanol–water partition coefficient (Wildman–Crippen LogP) is 1.92. The molecule has 0 saturated carbocycles. The van der Waals surface area contributed by atoms with Crippen molar-refractivity contribution in [2.24, 2.45) is 0 Å². The average Bonchev–Trinajstić information content (AvgIpc) is 1.83. The van der Waals surface area contributed by atoms with Gasteiger partial charge >= 0.3 is 0 Å². The molecule has 1 rings (SSSR count). The molecule has 1 aromatic heterocycles. The highest BCUT2D eigenvalue weighted by atomic mass is 35.5. The molecule has 0 fully saturated rings. The van der Waals surface area contributed by atoms with Gasteiger partial charge in [0.1, 0.15) is 0 Å². The number of aromatic nitrogens is 1. The maximum atomic E-state index is 11.9. The lowest BCUT2D eigenvalue weighted by Gasteiger charge is -1.89. The van der Waals surface area contributed by atoms with Gasteiger partial charge in [-0.1, -0.05) is 0 Å². The van der Waals surface area contributed by atoms with E-state index in [1.807, 2.05) is 0 Å². The lowest BCUT2D eigenvalue weighted by atomic mass is 10.4. The van der Waals surface area contributed by atoms with E-state index in [1.165, 1.54) is 0 Å². The SMILES string of the molecule is Cl.Fc1ccnc(F)c1F. The second-order valence-electron chi connectivity index (χ2n) is 1.40. The van der Waals surface area contributed by atoms with E-state index in [-0.39, 0.29) is 12.4 Å². The van der Waals surface area contributed by atoms with E-state index < -0.39 is 17.6 Å². The molecule has 5 heteroatoms. The zero-order valence-electron chi connectivity index (χ0n) is 4.64. The Kier molecular flexibility index (Phi) is 3.15. The average molecular weight is 170 g/mol. The van der Waals surface area contributed by atoms with Gasteiger partial charge in [0.2, 0.25) is 5.82 Å². The van der Waals surface area contributed by atoms with Gasteiger partial charge in [-0.05, 0) is 6.07 Å². The molecule has 0 unspecified atom stereocenters. The van der Waals surface area contributed by atoms with Crippen LogP contribution in [0.25, 0.3) is 0 Å². The second kappa shape index (κ2) is 3.41. The van der Waals surface area contributed by atoms with Gasteiger partial charge in [-0.3, -0.25) is 0 Å². The minimum absolute atomic E-state index is 0. The molecule has 1 heterocycles. The number of hydrogen-bond acceptors (Lipinski definition) is 1. The fraction of sp³-hybridized carbons (Fsp3) is 0. The first kappa shape index (κ1) is 9.23. The Bertz CT molecular complexity index is 208. The van der Waals surface area contributed by atoms with Crippen LogP contribution in [0.2, 0.25) is 0 Å². The van der Waals surface area contributed by atoms with Crippen LogP contribution in [-0.2, 0) is 0 Å². The molecule has 1 aromatic rings. The Labute approximate surface area is 61.3 Å². The van der Waals surface area contributed by atoms with Gasteiger partial charge in [0.05, 0.1) is 0 Å². The first-order valence-corrected chi connectivity index (χ1v) is 2.17. The lowest BCUT2D eigenvalue weighted by molar-refractivity contribution is 0.427.